The van der Waals surface area contributed by atoms with Gasteiger partial charge >= 0.3 is 5.97 Å². The second kappa shape index (κ2) is 29.9. The quantitative estimate of drug-likeness (QED) is 0.0494. The predicted molar refractivity (Wildman–Crippen MR) is 174 cm³/mol. The first-order chi connectivity index (χ1) is 18.4. The van der Waals surface area contributed by atoms with Crippen LogP contribution < -0.4 is 0 Å². The van der Waals surface area contributed by atoms with Crippen LogP contribution >= 0.6 is 11.1 Å². The van der Waals surface area contributed by atoms with Gasteiger partial charge in [0.1, 0.15) is 7.38 Å². The van der Waals surface area contributed by atoms with Crippen molar-refractivity contribution in [1.29, 1.82) is 0 Å². The molecule has 0 fully saturated rings. The van der Waals surface area contributed by atoms with Crippen molar-refractivity contribution in [2.75, 3.05) is 0 Å². The van der Waals surface area contributed by atoms with Gasteiger partial charge in [0.2, 0.25) is 0 Å². The molecule has 0 aliphatic rings. The minimum Gasteiger partial charge on any atom is -0.481 e. The Labute approximate surface area is 245 Å². The SMILES string of the molecule is C[Si](C)(Cl)CCCCCCCCCCCCCCCCCCCCCCCCCCCCCCCC(=O)O. The molecule has 0 rings (SSSR count). The molecule has 0 aliphatic carbocycles. The summed E-state index contributed by atoms with van der Waals surface area (Å²) in [6.07, 6.45) is 40.6. The summed E-state index contributed by atoms with van der Waals surface area (Å²) in [5, 5.41) is 8.63. The van der Waals surface area contributed by atoms with Crippen LogP contribution in [0.15, 0.2) is 0 Å². The molecule has 0 amide bonds. The van der Waals surface area contributed by atoms with Gasteiger partial charge in [-0.1, -0.05) is 193 Å². The summed E-state index contributed by atoms with van der Waals surface area (Å²) in [5.74, 6) is -0.649. The Morgan fingerprint density at radius 2 is 0.605 bits per heavy atom. The maximum absolute atomic E-state index is 10.5. The molecule has 1 N–H and O–H groups in total. The van der Waals surface area contributed by atoms with Crippen LogP contribution in [0.4, 0.5) is 0 Å². The van der Waals surface area contributed by atoms with E-state index in [2.05, 4.69) is 13.1 Å². The molecule has 0 saturated carbocycles. The van der Waals surface area contributed by atoms with Crippen molar-refractivity contribution < 1.29 is 9.90 Å². The van der Waals surface area contributed by atoms with Gasteiger partial charge in [0.25, 0.3) is 0 Å². The molecule has 0 spiro atoms. The van der Waals surface area contributed by atoms with Crippen LogP contribution in [0, 0.1) is 0 Å². The van der Waals surface area contributed by atoms with E-state index in [4.69, 9.17) is 16.2 Å². The number of unbranched alkanes of at least 4 members (excludes halogenated alkanes) is 28. The Bertz CT molecular complexity index is 478. The molecule has 0 aromatic carbocycles. The van der Waals surface area contributed by atoms with Crippen molar-refractivity contribution in [1.82, 2.24) is 0 Å². The van der Waals surface area contributed by atoms with Crippen molar-refractivity contribution in [2.24, 2.45) is 0 Å². The molecular weight excluding hydrogens is 504 g/mol. The van der Waals surface area contributed by atoms with E-state index in [1.54, 1.807) is 0 Å². The van der Waals surface area contributed by atoms with Gasteiger partial charge in [-0.3, -0.25) is 4.79 Å². The standard InChI is InChI=1S/C34H69ClO2Si/c1-38(2,35)33-31-29-27-25-23-21-19-17-15-13-11-9-7-5-3-4-6-8-10-12-14-16-18-20-22-24-26-28-30-32-34(36)37/h3-33H2,1-2H3,(H,36,37). The summed E-state index contributed by atoms with van der Waals surface area (Å²) in [6, 6.07) is 1.29. The van der Waals surface area contributed by atoms with Crippen LogP contribution in [0.1, 0.15) is 193 Å². The molecule has 38 heavy (non-hydrogen) atoms. The van der Waals surface area contributed by atoms with Crippen LogP contribution in [-0.4, -0.2) is 18.5 Å². The van der Waals surface area contributed by atoms with Crippen molar-refractivity contribution in [3.05, 3.63) is 0 Å². The second-order valence-corrected chi connectivity index (χ2v) is 19.9. The maximum atomic E-state index is 10.5. The van der Waals surface area contributed by atoms with Crippen molar-refractivity contribution in [3.8, 4) is 0 Å². The highest BCUT2D eigenvalue weighted by Gasteiger charge is 2.15. The number of hydrogen-bond acceptors (Lipinski definition) is 1. The zero-order valence-electron chi connectivity index (χ0n) is 26.2. The summed E-state index contributed by atoms with van der Waals surface area (Å²) >= 11 is 6.39. The Balaban J connectivity index is 3.05. The molecule has 4 heteroatoms. The van der Waals surface area contributed by atoms with E-state index in [0.717, 1.165) is 12.8 Å². The Morgan fingerprint density at radius 1 is 0.421 bits per heavy atom. The smallest absolute Gasteiger partial charge is 0.303 e. The molecule has 0 heterocycles. The van der Waals surface area contributed by atoms with Gasteiger partial charge in [-0.2, -0.15) is 11.1 Å². The topological polar surface area (TPSA) is 37.3 Å². The monoisotopic (exact) mass is 572 g/mol. The van der Waals surface area contributed by atoms with Crippen LogP contribution in [0.3, 0.4) is 0 Å². The van der Waals surface area contributed by atoms with Crippen molar-refractivity contribution in [3.63, 3.8) is 0 Å². The first-order valence-corrected chi connectivity index (χ1v) is 21.5. The van der Waals surface area contributed by atoms with Crippen LogP contribution in [0.5, 0.6) is 0 Å². The summed E-state index contributed by atoms with van der Waals surface area (Å²) in [6.45, 7) is 4.53. The molecular formula is C34H69ClO2Si. The first kappa shape index (κ1) is 38.0. The molecule has 0 unspecified atom stereocenters. The van der Waals surface area contributed by atoms with E-state index in [9.17, 15) is 4.79 Å². The number of halogens is 1. The number of carboxylic acids is 1. The number of hydrogen-bond donors (Lipinski definition) is 1. The van der Waals surface area contributed by atoms with Crippen molar-refractivity contribution in [2.45, 2.75) is 212 Å². The number of aliphatic carboxylic acids is 1. The third kappa shape index (κ3) is 36.0. The van der Waals surface area contributed by atoms with Gasteiger partial charge in [0.15, 0.2) is 0 Å². The van der Waals surface area contributed by atoms with Gasteiger partial charge in [0.05, 0.1) is 0 Å². The van der Waals surface area contributed by atoms with Gasteiger partial charge in [-0.25, -0.2) is 0 Å². The highest BCUT2D eigenvalue weighted by Crippen LogP contribution is 2.20. The molecule has 0 aromatic heterocycles. The summed E-state index contributed by atoms with van der Waals surface area (Å²) in [4.78, 5) is 10.5. The van der Waals surface area contributed by atoms with Gasteiger partial charge in [-0.15, -0.1) is 0 Å². The highest BCUT2D eigenvalue weighted by atomic mass is 35.6. The summed E-state index contributed by atoms with van der Waals surface area (Å²) < 4.78 is 0. The van der Waals surface area contributed by atoms with Gasteiger partial charge in [0, 0.05) is 6.42 Å². The van der Waals surface area contributed by atoms with Crippen LogP contribution in [-0.2, 0) is 4.79 Å². The molecule has 0 aromatic rings. The highest BCUT2D eigenvalue weighted by molar-refractivity contribution is 7.19. The molecule has 0 bridgehead atoms. The third-order valence-corrected chi connectivity index (χ3v) is 10.3. The lowest BCUT2D eigenvalue weighted by molar-refractivity contribution is -0.137. The van der Waals surface area contributed by atoms with Gasteiger partial charge < -0.3 is 5.11 Å². The van der Waals surface area contributed by atoms with E-state index in [0.29, 0.717) is 6.42 Å². The lowest BCUT2D eigenvalue weighted by Crippen LogP contribution is -2.14. The fourth-order valence-corrected chi connectivity index (χ4v) is 7.09. The Morgan fingerprint density at radius 3 is 0.789 bits per heavy atom. The molecule has 0 aliphatic heterocycles. The largest absolute Gasteiger partial charge is 0.481 e. The minimum absolute atomic E-state index is 0.345. The van der Waals surface area contributed by atoms with Crippen molar-refractivity contribution >= 4 is 24.4 Å². The van der Waals surface area contributed by atoms with E-state index in [-0.39, 0.29) is 0 Å². The van der Waals surface area contributed by atoms with Crippen LogP contribution in [0.2, 0.25) is 19.1 Å². The normalized spacial score (nSPS) is 11.9. The van der Waals surface area contributed by atoms with Crippen LogP contribution in [0.25, 0.3) is 0 Å². The van der Waals surface area contributed by atoms with E-state index >= 15 is 0 Å². The van der Waals surface area contributed by atoms with E-state index in [1.165, 1.54) is 179 Å². The molecule has 0 atom stereocenters. The average molecular weight is 573 g/mol. The molecule has 2 nitrogen and oxygen atoms in total. The fraction of sp³-hybridized carbons (Fsp3) is 0.971. The molecule has 0 radical (unpaired) electrons. The summed E-state index contributed by atoms with van der Waals surface area (Å²) in [5.41, 5.74) is 0. The minimum atomic E-state index is -1.32. The first-order valence-electron chi connectivity index (χ1n) is 17.3. The fourth-order valence-electron chi connectivity index (χ4n) is 5.59. The third-order valence-electron chi connectivity index (χ3n) is 8.16. The van der Waals surface area contributed by atoms with Gasteiger partial charge in [-0.05, 0) is 12.5 Å². The zero-order chi connectivity index (χ0) is 28.0. The molecule has 0 saturated heterocycles. The lowest BCUT2D eigenvalue weighted by atomic mass is 10.0. The predicted octanol–water partition coefficient (Wildman–Crippen LogP) is 13.2. The number of carbonyl (C=O) groups is 1. The average Bonchev–Trinajstić information content (AvgIpc) is 2.86. The zero-order valence-corrected chi connectivity index (χ0v) is 27.9. The molecule has 228 valence electrons. The lowest BCUT2D eigenvalue weighted by Gasteiger charge is -2.11. The maximum Gasteiger partial charge on any atom is 0.303 e. The summed E-state index contributed by atoms with van der Waals surface area (Å²) in [7, 11) is -1.32. The Kier molecular flexibility index (Phi) is 29.9. The Hall–Kier alpha value is -0.0231. The van der Waals surface area contributed by atoms with E-state index in [1.807, 2.05) is 0 Å². The number of rotatable bonds is 32. The second-order valence-electron chi connectivity index (χ2n) is 12.9. The van der Waals surface area contributed by atoms with E-state index < -0.39 is 13.4 Å². The number of carboxylic acid groups (broad SMARTS) is 1.